The van der Waals surface area contributed by atoms with Crippen molar-refractivity contribution in [3.05, 3.63) is 48.0 Å². The van der Waals surface area contributed by atoms with E-state index in [1.165, 1.54) is 7.11 Å². The van der Waals surface area contributed by atoms with Crippen molar-refractivity contribution in [2.45, 2.75) is 21.3 Å². The van der Waals surface area contributed by atoms with Crippen LogP contribution in [0.3, 0.4) is 0 Å². The highest BCUT2D eigenvalue weighted by Crippen LogP contribution is 2.35. The van der Waals surface area contributed by atoms with E-state index in [0.29, 0.717) is 28.2 Å². The van der Waals surface area contributed by atoms with Crippen LogP contribution in [-0.2, 0) is 5.75 Å². The number of thioether (sulfide) groups is 2. The summed E-state index contributed by atoms with van der Waals surface area (Å²) in [6.07, 6.45) is 0. The molecule has 0 aliphatic heterocycles. The van der Waals surface area contributed by atoms with Crippen molar-refractivity contribution in [1.29, 1.82) is 0 Å². The summed E-state index contributed by atoms with van der Waals surface area (Å²) in [6, 6.07) is 12.2. The Labute approximate surface area is 130 Å². The van der Waals surface area contributed by atoms with Crippen LogP contribution in [0.4, 0.5) is 8.78 Å². The largest absolute Gasteiger partial charge is 0.508 e. The van der Waals surface area contributed by atoms with Gasteiger partial charge in [-0.25, -0.2) is 0 Å². The van der Waals surface area contributed by atoms with Gasteiger partial charge in [-0.05, 0) is 42.0 Å². The highest BCUT2D eigenvalue weighted by molar-refractivity contribution is 7.99. The first-order valence-corrected chi connectivity index (χ1v) is 7.98. The summed E-state index contributed by atoms with van der Waals surface area (Å²) in [7, 11) is 1.47. The molecule has 0 spiro atoms. The number of hydrogen-bond donors (Lipinski definition) is 1. The molecule has 0 unspecified atom stereocenters. The van der Waals surface area contributed by atoms with Gasteiger partial charge in [0.1, 0.15) is 11.5 Å². The van der Waals surface area contributed by atoms with Crippen LogP contribution in [0, 0.1) is 0 Å². The summed E-state index contributed by atoms with van der Waals surface area (Å²) in [5, 5.41) is 9.22. The third-order valence-corrected chi connectivity index (χ3v) is 4.54. The van der Waals surface area contributed by atoms with Crippen molar-refractivity contribution >= 4 is 23.5 Å². The summed E-state index contributed by atoms with van der Waals surface area (Å²) in [4.78, 5) is 1.46. The number of benzene rings is 2. The fourth-order valence-corrected chi connectivity index (χ4v) is 3.14. The van der Waals surface area contributed by atoms with Gasteiger partial charge in [-0.1, -0.05) is 17.8 Å². The van der Waals surface area contributed by atoms with Crippen LogP contribution in [0.25, 0.3) is 0 Å². The Kier molecular flexibility index (Phi) is 5.76. The topological polar surface area (TPSA) is 29.5 Å². The molecule has 2 aromatic carbocycles. The summed E-state index contributed by atoms with van der Waals surface area (Å²) in [5.74, 6) is -1.07. The lowest BCUT2D eigenvalue weighted by molar-refractivity contribution is 0.251. The smallest absolute Gasteiger partial charge is 0.289 e. The lowest BCUT2D eigenvalue weighted by Gasteiger charge is -2.10. The Balaban J connectivity index is 2.05. The van der Waals surface area contributed by atoms with Crippen LogP contribution in [-0.4, -0.2) is 18.0 Å². The predicted molar refractivity (Wildman–Crippen MR) is 82.5 cm³/mol. The van der Waals surface area contributed by atoms with E-state index in [1.54, 1.807) is 36.0 Å². The molecule has 0 saturated carbocycles. The highest BCUT2D eigenvalue weighted by atomic mass is 32.2. The molecule has 0 amide bonds. The molecular formula is C15H14F2O2S2. The number of aromatic hydroxyl groups is 1. The normalized spacial score (nSPS) is 10.9. The molecule has 2 aromatic rings. The SMILES string of the molecule is COc1cc(CSc2ccc(O)cc2)ccc1SC(F)F. The van der Waals surface area contributed by atoms with Crippen molar-refractivity contribution in [2.24, 2.45) is 0 Å². The molecule has 0 aromatic heterocycles. The van der Waals surface area contributed by atoms with Gasteiger partial charge >= 0.3 is 0 Å². The van der Waals surface area contributed by atoms with Crippen LogP contribution in [0.2, 0.25) is 0 Å². The Bertz CT molecular complexity index is 589. The molecular weight excluding hydrogens is 314 g/mol. The van der Waals surface area contributed by atoms with E-state index in [2.05, 4.69) is 0 Å². The van der Waals surface area contributed by atoms with E-state index in [0.717, 1.165) is 10.5 Å². The van der Waals surface area contributed by atoms with E-state index >= 15 is 0 Å². The zero-order valence-electron chi connectivity index (χ0n) is 11.3. The van der Waals surface area contributed by atoms with E-state index in [9.17, 15) is 13.9 Å². The molecule has 2 nitrogen and oxygen atoms in total. The number of rotatable bonds is 6. The van der Waals surface area contributed by atoms with Gasteiger partial charge in [0.15, 0.2) is 0 Å². The zero-order chi connectivity index (χ0) is 15.2. The first kappa shape index (κ1) is 16.0. The first-order valence-electron chi connectivity index (χ1n) is 6.12. The fraction of sp³-hybridized carbons (Fsp3) is 0.200. The average Bonchev–Trinajstić information content (AvgIpc) is 2.47. The maximum atomic E-state index is 12.4. The molecule has 0 aliphatic rings. The van der Waals surface area contributed by atoms with Gasteiger partial charge in [0.05, 0.1) is 12.0 Å². The summed E-state index contributed by atoms with van der Waals surface area (Å²) >= 11 is 2.08. The van der Waals surface area contributed by atoms with Crippen molar-refractivity contribution < 1.29 is 18.6 Å². The third-order valence-electron chi connectivity index (χ3n) is 2.69. The molecule has 21 heavy (non-hydrogen) atoms. The van der Waals surface area contributed by atoms with Crippen LogP contribution in [0.15, 0.2) is 52.3 Å². The highest BCUT2D eigenvalue weighted by Gasteiger charge is 2.11. The lowest BCUT2D eigenvalue weighted by Crippen LogP contribution is -1.91. The standard InChI is InChI=1S/C15H14F2O2S2/c1-19-13-8-10(2-7-14(13)21-15(16)17)9-20-12-5-3-11(18)4-6-12/h2-8,15,18H,9H2,1H3. The third kappa shape index (κ3) is 4.82. The predicted octanol–water partition coefficient (Wildman–Crippen LogP) is 5.01. The number of halogens is 2. The Hall–Kier alpha value is -1.40. The van der Waals surface area contributed by atoms with Crippen molar-refractivity contribution in [2.75, 3.05) is 7.11 Å². The molecule has 2 rings (SSSR count). The van der Waals surface area contributed by atoms with Crippen molar-refractivity contribution in [3.63, 3.8) is 0 Å². The van der Waals surface area contributed by atoms with Crippen molar-refractivity contribution in [3.8, 4) is 11.5 Å². The van der Waals surface area contributed by atoms with Gasteiger partial charge in [0.25, 0.3) is 5.76 Å². The molecule has 0 radical (unpaired) electrons. The Morgan fingerprint density at radius 2 is 1.86 bits per heavy atom. The molecule has 0 heterocycles. The number of methoxy groups -OCH3 is 1. The maximum absolute atomic E-state index is 12.4. The van der Waals surface area contributed by atoms with Crippen LogP contribution < -0.4 is 4.74 Å². The van der Waals surface area contributed by atoms with Gasteiger partial charge < -0.3 is 9.84 Å². The van der Waals surface area contributed by atoms with Gasteiger partial charge in [0, 0.05) is 10.6 Å². The second-order valence-corrected chi connectivity index (χ2v) is 6.23. The van der Waals surface area contributed by atoms with Crippen LogP contribution in [0.1, 0.15) is 5.56 Å². The number of ether oxygens (including phenoxy) is 1. The second-order valence-electron chi connectivity index (χ2n) is 4.15. The van der Waals surface area contributed by atoms with E-state index in [1.807, 2.05) is 18.2 Å². The van der Waals surface area contributed by atoms with Crippen LogP contribution >= 0.6 is 23.5 Å². The second kappa shape index (κ2) is 7.56. The lowest BCUT2D eigenvalue weighted by atomic mass is 10.2. The van der Waals surface area contributed by atoms with Crippen molar-refractivity contribution in [1.82, 2.24) is 0 Å². The molecule has 112 valence electrons. The minimum Gasteiger partial charge on any atom is -0.508 e. The van der Waals surface area contributed by atoms with E-state index < -0.39 is 5.76 Å². The Morgan fingerprint density at radius 1 is 1.14 bits per heavy atom. The molecule has 0 atom stereocenters. The Morgan fingerprint density at radius 3 is 2.48 bits per heavy atom. The first-order chi connectivity index (χ1) is 10.1. The average molecular weight is 328 g/mol. The van der Waals surface area contributed by atoms with Gasteiger partial charge in [-0.3, -0.25) is 0 Å². The molecule has 1 N–H and O–H groups in total. The van der Waals surface area contributed by atoms with Crippen LogP contribution in [0.5, 0.6) is 11.5 Å². The van der Waals surface area contributed by atoms with E-state index in [-0.39, 0.29) is 5.75 Å². The zero-order valence-corrected chi connectivity index (χ0v) is 12.9. The summed E-state index contributed by atoms with van der Waals surface area (Å²) in [5.41, 5.74) is 0.989. The number of alkyl halides is 2. The maximum Gasteiger partial charge on any atom is 0.289 e. The van der Waals surface area contributed by atoms with Gasteiger partial charge in [-0.2, -0.15) is 8.78 Å². The minimum atomic E-state index is -2.46. The molecule has 0 fully saturated rings. The number of hydrogen-bond acceptors (Lipinski definition) is 4. The molecule has 0 bridgehead atoms. The summed E-state index contributed by atoms with van der Waals surface area (Å²) in [6.45, 7) is 0. The monoisotopic (exact) mass is 328 g/mol. The minimum absolute atomic E-state index is 0.231. The van der Waals surface area contributed by atoms with Gasteiger partial charge in [0.2, 0.25) is 0 Å². The molecule has 0 saturated heterocycles. The quantitative estimate of drug-likeness (QED) is 0.755. The fourth-order valence-electron chi connectivity index (χ4n) is 1.70. The van der Waals surface area contributed by atoms with E-state index in [4.69, 9.17) is 4.74 Å². The number of phenols is 1. The number of phenolic OH excluding ortho intramolecular Hbond substituents is 1. The summed E-state index contributed by atoms with van der Waals surface area (Å²) < 4.78 is 30.0. The molecule has 6 heteroatoms. The van der Waals surface area contributed by atoms with Gasteiger partial charge in [-0.15, -0.1) is 11.8 Å². The molecule has 0 aliphatic carbocycles.